The first-order chi connectivity index (χ1) is 12.5. The van der Waals surface area contributed by atoms with Crippen molar-refractivity contribution in [1.29, 1.82) is 0 Å². The fourth-order valence-corrected chi connectivity index (χ4v) is 3.86. The van der Waals surface area contributed by atoms with Crippen molar-refractivity contribution in [2.24, 2.45) is 0 Å². The second-order valence-electron chi connectivity index (χ2n) is 5.38. The number of benzene rings is 3. The van der Waals surface area contributed by atoms with E-state index in [0.717, 1.165) is 25.4 Å². The van der Waals surface area contributed by atoms with Crippen LogP contribution in [0.4, 0.5) is 5.69 Å². The minimum absolute atomic E-state index is 0.202. The maximum absolute atomic E-state index is 12.8. The maximum Gasteiger partial charge on any atom is 0.261 e. The highest BCUT2D eigenvalue weighted by Gasteiger charge is 2.19. The van der Waals surface area contributed by atoms with Crippen LogP contribution in [0.5, 0.6) is 5.75 Å². The van der Waals surface area contributed by atoms with Gasteiger partial charge in [0.05, 0.1) is 22.8 Å². The van der Waals surface area contributed by atoms with Gasteiger partial charge in [0, 0.05) is 4.47 Å². The van der Waals surface area contributed by atoms with E-state index in [1.807, 2.05) is 48.5 Å². The van der Waals surface area contributed by atoms with Gasteiger partial charge in [-0.05, 0) is 73.0 Å². The largest absolute Gasteiger partial charge is 0.495 e. The van der Waals surface area contributed by atoms with Gasteiger partial charge < -0.3 is 10.1 Å². The number of anilines is 1. The van der Waals surface area contributed by atoms with Crippen molar-refractivity contribution < 1.29 is 9.53 Å². The molecule has 0 bridgehead atoms. The number of thiocarbonyl (C=S) groups is 1. The summed E-state index contributed by atoms with van der Waals surface area (Å²) in [5, 5.41) is 7.79. The fraction of sp³-hybridized carbons (Fsp3) is 0.0526. The van der Waals surface area contributed by atoms with E-state index in [1.54, 1.807) is 6.07 Å². The molecule has 0 aliphatic heterocycles. The van der Waals surface area contributed by atoms with E-state index >= 15 is 0 Å². The van der Waals surface area contributed by atoms with Gasteiger partial charge in [-0.2, -0.15) is 0 Å². The normalized spacial score (nSPS) is 10.4. The maximum atomic E-state index is 12.8. The molecule has 0 radical (unpaired) electrons. The third-order valence-corrected chi connectivity index (χ3v) is 5.42. The van der Waals surface area contributed by atoms with E-state index in [1.165, 1.54) is 7.11 Å². The molecule has 0 aromatic heterocycles. The van der Waals surface area contributed by atoms with Gasteiger partial charge in [0.25, 0.3) is 5.91 Å². The average molecular weight is 494 g/mol. The molecule has 0 atom stereocenters. The summed E-state index contributed by atoms with van der Waals surface area (Å²) >= 11 is 12.2. The van der Waals surface area contributed by atoms with Crippen molar-refractivity contribution in [3.8, 4) is 5.75 Å². The Morgan fingerprint density at radius 3 is 2.50 bits per heavy atom. The summed E-state index contributed by atoms with van der Waals surface area (Å²) in [6.45, 7) is 0. The highest BCUT2D eigenvalue weighted by atomic mass is 79.9. The Hall–Kier alpha value is -1.96. The molecule has 0 saturated heterocycles. The lowest BCUT2D eigenvalue weighted by molar-refractivity contribution is 0.0975. The lowest BCUT2D eigenvalue weighted by Crippen LogP contribution is -2.34. The van der Waals surface area contributed by atoms with Crippen LogP contribution in [0, 0.1) is 0 Å². The smallest absolute Gasteiger partial charge is 0.261 e. The summed E-state index contributed by atoms with van der Waals surface area (Å²) in [5.74, 6) is 0.114. The van der Waals surface area contributed by atoms with Crippen LogP contribution in [0.3, 0.4) is 0 Å². The standard InChI is InChI=1S/C19H14Br2N2O2S/c1-25-17-13(10-11-6-2-3-7-12(11)16(17)21)18(24)23-19(26)22-15-9-5-4-8-14(15)20/h2-10H,1H3,(H2,22,23,24,26). The summed E-state index contributed by atoms with van der Waals surface area (Å²) in [6, 6.07) is 17.1. The van der Waals surface area contributed by atoms with Gasteiger partial charge in [-0.1, -0.05) is 36.4 Å². The zero-order chi connectivity index (χ0) is 18.7. The highest BCUT2D eigenvalue weighted by molar-refractivity contribution is 9.11. The van der Waals surface area contributed by atoms with Gasteiger partial charge in [0.2, 0.25) is 0 Å². The van der Waals surface area contributed by atoms with Gasteiger partial charge in [-0.15, -0.1) is 0 Å². The first kappa shape index (κ1) is 18.8. The molecular weight excluding hydrogens is 480 g/mol. The number of carbonyl (C=O) groups excluding carboxylic acids is 1. The number of hydrogen-bond acceptors (Lipinski definition) is 3. The van der Waals surface area contributed by atoms with E-state index in [2.05, 4.69) is 42.5 Å². The molecule has 3 aromatic rings. The van der Waals surface area contributed by atoms with Crippen LogP contribution in [0.15, 0.2) is 63.5 Å². The Bertz CT molecular complexity index is 1010. The monoisotopic (exact) mass is 492 g/mol. The first-order valence-corrected chi connectivity index (χ1v) is 9.62. The van der Waals surface area contributed by atoms with Gasteiger partial charge in [-0.3, -0.25) is 10.1 Å². The van der Waals surface area contributed by atoms with E-state index in [4.69, 9.17) is 17.0 Å². The van der Waals surface area contributed by atoms with Crippen molar-refractivity contribution in [1.82, 2.24) is 5.32 Å². The molecule has 0 heterocycles. The number of ether oxygens (including phenoxy) is 1. The molecule has 1 amide bonds. The van der Waals surface area contributed by atoms with E-state index < -0.39 is 0 Å². The number of fused-ring (bicyclic) bond motifs is 1. The molecule has 0 aliphatic rings. The third kappa shape index (κ3) is 3.90. The van der Waals surface area contributed by atoms with Gasteiger partial charge in [0.1, 0.15) is 5.75 Å². The SMILES string of the molecule is COc1c(C(=O)NC(=S)Nc2ccccc2Br)cc2ccccc2c1Br. The van der Waals surface area contributed by atoms with E-state index in [0.29, 0.717) is 11.3 Å². The molecule has 26 heavy (non-hydrogen) atoms. The lowest BCUT2D eigenvalue weighted by atomic mass is 10.1. The Kier molecular flexibility index (Phi) is 5.90. The van der Waals surface area contributed by atoms with Crippen LogP contribution >= 0.6 is 44.1 Å². The number of para-hydroxylation sites is 1. The minimum atomic E-state index is -0.349. The van der Waals surface area contributed by atoms with Crippen molar-refractivity contribution in [2.75, 3.05) is 12.4 Å². The molecule has 0 saturated carbocycles. The van der Waals surface area contributed by atoms with E-state index in [9.17, 15) is 4.79 Å². The van der Waals surface area contributed by atoms with Crippen molar-refractivity contribution in [3.63, 3.8) is 0 Å². The Morgan fingerprint density at radius 1 is 1.08 bits per heavy atom. The predicted octanol–water partition coefficient (Wildman–Crippen LogP) is 5.50. The number of hydrogen-bond donors (Lipinski definition) is 2. The predicted molar refractivity (Wildman–Crippen MR) is 116 cm³/mol. The fourth-order valence-electron chi connectivity index (χ4n) is 2.54. The summed E-state index contributed by atoms with van der Waals surface area (Å²) in [7, 11) is 1.53. The number of carbonyl (C=O) groups is 1. The van der Waals surface area contributed by atoms with Crippen LogP contribution in [-0.4, -0.2) is 18.1 Å². The number of nitrogens with one attached hydrogen (secondary N) is 2. The summed E-state index contributed by atoms with van der Waals surface area (Å²) in [6.07, 6.45) is 0. The van der Waals surface area contributed by atoms with Crippen LogP contribution in [0.25, 0.3) is 10.8 Å². The summed E-state index contributed by atoms with van der Waals surface area (Å²) < 4.78 is 7.02. The number of rotatable bonds is 3. The second-order valence-corrected chi connectivity index (χ2v) is 7.44. The molecule has 0 aliphatic carbocycles. The van der Waals surface area contributed by atoms with Crippen molar-refractivity contribution in [2.45, 2.75) is 0 Å². The summed E-state index contributed by atoms with van der Waals surface area (Å²) in [4.78, 5) is 12.8. The minimum Gasteiger partial charge on any atom is -0.495 e. The number of methoxy groups -OCH3 is 1. The average Bonchev–Trinajstić information content (AvgIpc) is 2.63. The quantitative estimate of drug-likeness (QED) is 0.473. The summed E-state index contributed by atoms with van der Waals surface area (Å²) in [5.41, 5.74) is 1.17. The zero-order valence-electron chi connectivity index (χ0n) is 13.7. The zero-order valence-corrected chi connectivity index (χ0v) is 17.7. The third-order valence-electron chi connectivity index (χ3n) is 3.74. The lowest BCUT2D eigenvalue weighted by Gasteiger charge is -2.15. The molecule has 7 heteroatoms. The molecule has 0 unspecified atom stereocenters. The van der Waals surface area contributed by atoms with Crippen LogP contribution in [-0.2, 0) is 0 Å². The van der Waals surface area contributed by atoms with Crippen molar-refractivity contribution in [3.05, 3.63) is 69.1 Å². The molecule has 132 valence electrons. The van der Waals surface area contributed by atoms with Crippen LogP contribution < -0.4 is 15.4 Å². The molecule has 0 fully saturated rings. The van der Waals surface area contributed by atoms with Crippen LogP contribution in [0.2, 0.25) is 0 Å². The molecule has 0 spiro atoms. The number of halogens is 2. The van der Waals surface area contributed by atoms with Crippen LogP contribution in [0.1, 0.15) is 10.4 Å². The molecule has 2 N–H and O–H groups in total. The Labute approximate surface area is 173 Å². The molecule has 3 rings (SSSR count). The van der Waals surface area contributed by atoms with Gasteiger partial charge in [-0.25, -0.2) is 0 Å². The van der Waals surface area contributed by atoms with Gasteiger partial charge in [0.15, 0.2) is 5.11 Å². The number of amides is 1. The Morgan fingerprint density at radius 2 is 1.77 bits per heavy atom. The first-order valence-electron chi connectivity index (χ1n) is 7.63. The molecule has 3 aromatic carbocycles. The second kappa shape index (κ2) is 8.16. The highest BCUT2D eigenvalue weighted by Crippen LogP contribution is 2.36. The van der Waals surface area contributed by atoms with Gasteiger partial charge >= 0.3 is 0 Å². The molecule has 4 nitrogen and oxygen atoms in total. The molecular formula is C19H14Br2N2O2S. The topological polar surface area (TPSA) is 50.4 Å². The van der Waals surface area contributed by atoms with E-state index in [-0.39, 0.29) is 11.0 Å². The Balaban J connectivity index is 1.88. The van der Waals surface area contributed by atoms with Crippen molar-refractivity contribution >= 4 is 71.6 Å².